The SMILES string of the molecule is O=S(=O)(c1cccc(Cl)c1)N1Cc2ccccc2[C@H]2CN(Cc3ccccc3)C[C@@H]2C1. The van der Waals surface area contributed by atoms with E-state index in [1.165, 1.54) is 11.1 Å². The monoisotopic (exact) mass is 452 g/mol. The molecule has 1 fully saturated rings. The third kappa shape index (κ3) is 4.15. The van der Waals surface area contributed by atoms with Gasteiger partial charge in [-0.3, -0.25) is 4.90 Å². The maximum absolute atomic E-state index is 13.5. The van der Waals surface area contributed by atoms with E-state index in [9.17, 15) is 8.42 Å². The lowest BCUT2D eigenvalue weighted by molar-refractivity contribution is 0.293. The van der Waals surface area contributed by atoms with Crippen molar-refractivity contribution < 1.29 is 8.42 Å². The van der Waals surface area contributed by atoms with Crippen LogP contribution in [0.1, 0.15) is 22.6 Å². The predicted octanol–water partition coefficient (Wildman–Crippen LogP) is 4.76. The van der Waals surface area contributed by atoms with Gasteiger partial charge in [0.15, 0.2) is 0 Å². The van der Waals surface area contributed by atoms with Crippen LogP contribution in [0.15, 0.2) is 83.8 Å². The first-order valence-corrected chi connectivity index (χ1v) is 12.4. The van der Waals surface area contributed by atoms with Gasteiger partial charge in [-0.15, -0.1) is 0 Å². The normalized spacial score (nSPS) is 22.0. The Morgan fingerprint density at radius 2 is 1.65 bits per heavy atom. The highest BCUT2D eigenvalue weighted by atomic mass is 35.5. The fourth-order valence-corrected chi connectivity index (χ4v) is 6.76. The van der Waals surface area contributed by atoms with E-state index < -0.39 is 10.0 Å². The first-order chi connectivity index (χ1) is 15.0. The van der Waals surface area contributed by atoms with E-state index >= 15 is 0 Å². The Balaban J connectivity index is 1.47. The maximum atomic E-state index is 13.5. The van der Waals surface area contributed by atoms with Gasteiger partial charge in [-0.1, -0.05) is 72.3 Å². The van der Waals surface area contributed by atoms with E-state index in [0.29, 0.717) is 24.0 Å². The molecule has 0 aromatic heterocycles. The number of likely N-dealkylation sites (tertiary alicyclic amines) is 1. The van der Waals surface area contributed by atoms with Crippen molar-refractivity contribution >= 4 is 21.6 Å². The van der Waals surface area contributed by atoms with Crippen molar-refractivity contribution in [2.75, 3.05) is 19.6 Å². The molecule has 0 saturated carbocycles. The van der Waals surface area contributed by atoms with Gasteiger partial charge in [-0.25, -0.2) is 8.42 Å². The predicted molar refractivity (Wildman–Crippen MR) is 123 cm³/mol. The van der Waals surface area contributed by atoms with Crippen LogP contribution in [-0.4, -0.2) is 37.3 Å². The molecule has 0 spiro atoms. The number of rotatable bonds is 4. The van der Waals surface area contributed by atoms with Crippen LogP contribution in [0.3, 0.4) is 0 Å². The Kier molecular flexibility index (Phi) is 5.61. The number of fused-ring (bicyclic) bond motifs is 3. The Hall–Kier alpha value is -2.18. The molecule has 0 bridgehead atoms. The number of halogens is 1. The zero-order chi connectivity index (χ0) is 21.4. The smallest absolute Gasteiger partial charge is 0.243 e. The third-order valence-electron chi connectivity index (χ3n) is 6.44. The number of nitrogens with zero attached hydrogens (tertiary/aromatic N) is 2. The van der Waals surface area contributed by atoms with Gasteiger partial charge in [0.05, 0.1) is 4.90 Å². The summed E-state index contributed by atoms with van der Waals surface area (Å²) >= 11 is 6.10. The van der Waals surface area contributed by atoms with Crippen LogP contribution in [0.2, 0.25) is 5.02 Å². The second kappa shape index (κ2) is 8.40. The topological polar surface area (TPSA) is 40.6 Å². The fourth-order valence-electron chi connectivity index (χ4n) is 4.98. The molecule has 0 amide bonds. The van der Waals surface area contributed by atoms with Crippen molar-refractivity contribution in [3.05, 3.63) is 101 Å². The van der Waals surface area contributed by atoms with Crippen LogP contribution in [0.25, 0.3) is 0 Å². The van der Waals surface area contributed by atoms with Gasteiger partial charge in [0.1, 0.15) is 0 Å². The second-order valence-corrected chi connectivity index (χ2v) is 10.9. The molecule has 6 heteroatoms. The molecule has 2 atom stereocenters. The van der Waals surface area contributed by atoms with Crippen molar-refractivity contribution in [3.63, 3.8) is 0 Å². The summed E-state index contributed by atoms with van der Waals surface area (Å²) in [6.07, 6.45) is 0. The fraction of sp³-hybridized carbons (Fsp3) is 0.280. The molecule has 5 rings (SSSR count). The van der Waals surface area contributed by atoms with Crippen molar-refractivity contribution in [2.45, 2.75) is 23.9 Å². The van der Waals surface area contributed by atoms with Gasteiger partial charge in [0.2, 0.25) is 10.0 Å². The van der Waals surface area contributed by atoms with E-state index in [4.69, 9.17) is 11.6 Å². The Morgan fingerprint density at radius 1 is 0.871 bits per heavy atom. The van der Waals surface area contributed by atoms with E-state index in [-0.39, 0.29) is 10.8 Å². The molecule has 3 aromatic rings. The summed E-state index contributed by atoms with van der Waals surface area (Å²) < 4.78 is 28.7. The van der Waals surface area contributed by atoms with Gasteiger partial charge < -0.3 is 0 Å². The van der Waals surface area contributed by atoms with Crippen LogP contribution in [0.5, 0.6) is 0 Å². The average Bonchev–Trinajstić information content (AvgIpc) is 3.09. The van der Waals surface area contributed by atoms with Gasteiger partial charge >= 0.3 is 0 Å². The minimum atomic E-state index is -3.64. The number of hydrogen-bond acceptors (Lipinski definition) is 3. The van der Waals surface area contributed by atoms with Crippen molar-refractivity contribution in [1.82, 2.24) is 9.21 Å². The van der Waals surface area contributed by atoms with Gasteiger partial charge in [-0.2, -0.15) is 4.31 Å². The third-order valence-corrected chi connectivity index (χ3v) is 8.48. The summed E-state index contributed by atoms with van der Waals surface area (Å²) in [6, 6.07) is 25.4. The molecule has 2 aliphatic heterocycles. The van der Waals surface area contributed by atoms with Crippen LogP contribution in [0.4, 0.5) is 0 Å². The number of sulfonamides is 1. The molecule has 0 radical (unpaired) electrons. The highest BCUT2D eigenvalue weighted by molar-refractivity contribution is 7.89. The minimum Gasteiger partial charge on any atom is -0.298 e. The molecular formula is C25H25ClN2O2S. The van der Waals surface area contributed by atoms with E-state index in [1.54, 1.807) is 28.6 Å². The van der Waals surface area contributed by atoms with Crippen LogP contribution in [-0.2, 0) is 23.1 Å². The Labute approximate surface area is 189 Å². The summed E-state index contributed by atoms with van der Waals surface area (Å²) in [6.45, 7) is 3.63. The largest absolute Gasteiger partial charge is 0.298 e. The standard InChI is InChI=1S/C25H25ClN2O2S/c26-22-10-6-11-23(13-22)31(29,30)28-16-20-9-4-5-12-24(20)25-18-27(15-21(25)17-28)14-19-7-2-1-3-8-19/h1-13,21,25H,14-18H2/t21-,25+/m1/s1. The maximum Gasteiger partial charge on any atom is 0.243 e. The zero-order valence-corrected chi connectivity index (χ0v) is 18.8. The van der Waals surface area contributed by atoms with E-state index in [1.807, 2.05) is 12.1 Å². The molecule has 2 aliphatic rings. The molecule has 1 saturated heterocycles. The highest BCUT2D eigenvalue weighted by Crippen LogP contribution is 2.40. The molecule has 3 aromatic carbocycles. The zero-order valence-electron chi connectivity index (χ0n) is 17.2. The lowest BCUT2D eigenvalue weighted by atomic mass is 9.87. The summed E-state index contributed by atoms with van der Waals surface area (Å²) in [5.41, 5.74) is 3.67. The molecule has 0 N–H and O–H groups in total. The summed E-state index contributed by atoms with van der Waals surface area (Å²) in [5.74, 6) is 0.584. The first kappa shape index (κ1) is 20.7. The number of hydrogen-bond donors (Lipinski definition) is 0. The highest BCUT2D eigenvalue weighted by Gasteiger charge is 2.41. The van der Waals surface area contributed by atoms with E-state index in [2.05, 4.69) is 47.4 Å². The summed E-state index contributed by atoms with van der Waals surface area (Å²) in [4.78, 5) is 2.71. The second-order valence-electron chi connectivity index (χ2n) is 8.50. The average molecular weight is 453 g/mol. The van der Waals surface area contributed by atoms with Crippen LogP contribution in [0, 0.1) is 5.92 Å². The molecule has 4 nitrogen and oxygen atoms in total. The van der Waals surface area contributed by atoms with Gasteiger partial charge in [-0.05, 0) is 40.8 Å². The van der Waals surface area contributed by atoms with Crippen LogP contribution < -0.4 is 0 Å². The lowest BCUT2D eigenvalue weighted by Gasteiger charge is -2.24. The quantitative estimate of drug-likeness (QED) is 0.573. The van der Waals surface area contributed by atoms with Gasteiger partial charge in [0.25, 0.3) is 0 Å². The molecular weight excluding hydrogens is 428 g/mol. The van der Waals surface area contributed by atoms with Crippen LogP contribution >= 0.6 is 11.6 Å². The minimum absolute atomic E-state index is 0.251. The summed E-state index contributed by atoms with van der Waals surface area (Å²) in [7, 11) is -3.64. The lowest BCUT2D eigenvalue weighted by Crippen LogP contribution is -2.35. The van der Waals surface area contributed by atoms with Crippen molar-refractivity contribution in [1.29, 1.82) is 0 Å². The molecule has 2 heterocycles. The van der Waals surface area contributed by atoms with Crippen molar-refractivity contribution in [2.24, 2.45) is 5.92 Å². The number of benzene rings is 3. The van der Waals surface area contributed by atoms with Gasteiger partial charge in [0, 0.05) is 43.7 Å². The van der Waals surface area contributed by atoms with E-state index in [0.717, 1.165) is 25.2 Å². The molecule has 160 valence electrons. The van der Waals surface area contributed by atoms with Crippen molar-refractivity contribution in [3.8, 4) is 0 Å². The molecule has 31 heavy (non-hydrogen) atoms. The summed E-state index contributed by atoms with van der Waals surface area (Å²) in [5, 5.41) is 0.434. The molecule has 0 aliphatic carbocycles. The Bertz CT molecular complexity index is 1180. The Morgan fingerprint density at radius 3 is 2.45 bits per heavy atom. The first-order valence-electron chi connectivity index (χ1n) is 10.6. The molecule has 0 unspecified atom stereocenters.